The summed E-state index contributed by atoms with van der Waals surface area (Å²) in [5.74, 6) is 1.37. The predicted octanol–water partition coefficient (Wildman–Crippen LogP) is 3.64. The minimum atomic E-state index is 0.0482. The number of hydrogen-bond donors (Lipinski definition) is 2. The van der Waals surface area contributed by atoms with Crippen molar-refractivity contribution in [3.05, 3.63) is 53.6 Å². The van der Waals surface area contributed by atoms with Gasteiger partial charge in [0.15, 0.2) is 18.1 Å². The molecule has 1 atom stereocenters. The van der Waals surface area contributed by atoms with Gasteiger partial charge in [0.1, 0.15) is 5.75 Å². The zero-order valence-electron chi connectivity index (χ0n) is 17.2. The van der Waals surface area contributed by atoms with Crippen LogP contribution in [0.1, 0.15) is 43.4 Å². The molecule has 6 heteroatoms. The van der Waals surface area contributed by atoms with Crippen LogP contribution in [0.2, 0.25) is 0 Å². The standard InChI is InChI=1S/C23H30N2O4/c1-3-19(24-15-17-10-11-22(28-2)20(26)14-17)18-8-4-5-9-21(18)29-16-23(27)25-12-6-7-13-25/h4-5,8-11,14,19,24,26H,3,6-7,12-13,15-16H2,1-2H3. The molecule has 1 aliphatic heterocycles. The molecular formula is C23H30N2O4. The molecule has 6 nitrogen and oxygen atoms in total. The van der Waals surface area contributed by atoms with Crippen molar-refractivity contribution in [2.24, 2.45) is 0 Å². The Kier molecular flexibility index (Phi) is 7.36. The first-order valence-electron chi connectivity index (χ1n) is 10.2. The molecule has 29 heavy (non-hydrogen) atoms. The molecule has 0 aliphatic carbocycles. The fourth-order valence-electron chi connectivity index (χ4n) is 3.66. The van der Waals surface area contributed by atoms with Crippen molar-refractivity contribution in [2.45, 2.75) is 38.8 Å². The van der Waals surface area contributed by atoms with E-state index in [-0.39, 0.29) is 24.3 Å². The minimum Gasteiger partial charge on any atom is -0.504 e. The number of carbonyl (C=O) groups is 1. The lowest BCUT2D eigenvalue weighted by atomic mass is 10.0. The van der Waals surface area contributed by atoms with E-state index in [1.54, 1.807) is 12.1 Å². The monoisotopic (exact) mass is 398 g/mol. The van der Waals surface area contributed by atoms with Crippen molar-refractivity contribution in [2.75, 3.05) is 26.8 Å². The first-order chi connectivity index (χ1) is 14.1. The van der Waals surface area contributed by atoms with Crippen LogP contribution in [-0.4, -0.2) is 42.7 Å². The molecule has 1 heterocycles. The van der Waals surface area contributed by atoms with Gasteiger partial charge in [0.2, 0.25) is 0 Å². The summed E-state index contributed by atoms with van der Waals surface area (Å²) in [7, 11) is 1.53. The van der Waals surface area contributed by atoms with Crippen LogP contribution in [0.5, 0.6) is 17.2 Å². The second kappa shape index (κ2) is 10.2. The van der Waals surface area contributed by atoms with Crippen molar-refractivity contribution in [3.63, 3.8) is 0 Å². The topological polar surface area (TPSA) is 71.0 Å². The van der Waals surface area contributed by atoms with Crippen molar-refractivity contribution in [1.29, 1.82) is 0 Å². The van der Waals surface area contributed by atoms with Gasteiger partial charge in [-0.25, -0.2) is 0 Å². The summed E-state index contributed by atoms with van der Waals surface area (Å²) < 4.78 is 11.0. The van der Waals surface area contributed by atoms with Crippen LogP contribution >= 0.6 is 0 Å². The van der Waals surface area contributed by atoms with Crippen molar-refractivity contribution < 1.29 is 19.4 Å². The number of benzene rings is 2. The Morgan fingerprint density at radius 3 is 2.62 bits per heavy atom. The zero-order chi connectivity index (χ0) is 20.6. The molecule has 1 saturated heterocycles. The van der Waals surface area contributed by atoms with Gasteiger partial charge in [-0.3, -0.25) is 4.79 Å². The molecule has 0 spiro atoms. The van der Waals surface area contributed by atoms with Crippen LogP contribution in [0.3, 0.4) is 0 Å². The summed E-state index contributed by atoms with van der Waals surface area (Å²) in [5, 5.41) is 13.5. The molecule has 0 aromatic heterocycles. The highest BCUT2D eigenvalue weighted by molar-refractivity contribution is 5.78. The number of aromatic hydroxyl groups is 1. The molecule has 156 valence electrons. The number of nitrogens with one attached hydrogen (secondary N) is 1. The van der Waals surface area contributed by atoms with Gasteiger partial charge >= 0.3 is 0 Å². The number of para-hydroxylation sites is 1. The fraction of sp³-hybridized carbons (Fsp3) is 0.435. The molecule has 2 aromatic rings. The Morgan fingerprint density at radius 2 is 1.93 bits per heavy atom. The average Bonchev–Trinajstić information content (AvgIpc) is 3.28. The Hall–Kier alpha value is -2.73. The van der Waals surface area contributed by atoms with Gasteiger partial charge < -0.3 is 24.8 Å². The van der Waals surface area contributed by atoms with Crippen molar-refractivity contribution in [3.8, 4) is 17.2 Å². The normalized spacial score (nSPS) is 14.6. The molecule has 0 radical (unpaired) electrons. The third-order valence-corrected chi connectivity index (χ3v) is 5.31. The number of rotatable bonds is 9. The summed E-state index contributed by atoms with van der Waals surface area (Å²) in [6, 6.07) is 13.3. The lowest BCUT2D eigenvalue weighted by Gasteiger charge is -2.22. The molecule has 2 aromatic carbocycles. The van der Waals surface area contributed by atoms with Gasteiger partial charge in [0.25, 0.3) is 5.91 Å². The lowest BCUT2D eigenvalue weighted by Crippen LogP contribution is -2.32. The lowest BCUT2D eigenvalue weighted by molar-refractivity contribution is -0.132. The number of amides is 1. The van der Waals surface area contributed by atoms with Crippen LogP contribution in [-0.2, 0) is 11.3 Å². The van der Waals surface area contributed by atoms with E-state index in [1.807, 2.05) is 35.2 Å². The van der Waals surface area contributed by atoms with Crippen LogP contribution in [0, 0.1) is 0 Å². The maximum atomic E-state index is 12.3. The molecule has 1 fully saturated rings. The van der Waals surface area contributed by atoms with Gasteiger partial charge in [-0.1, -0.05) is 31.2 Å². The average molecular weight is 399 g/mol. The summed E-state index contributed by atoms with van der Waals surface area (Å²) in [4.78, 5) is 14.2. The molecule has 1 unspecified atom stereocenters. The number of likely N-dealkylation sites (tertiary alicyclic amines) is 1. The number of phenolic OH excluding ortho intramolecular Hbond substituents is 1. The number of nitrogens with zero attached hydrogens (tertiary/aromatic N) is 1. The summed E-state index contributed by atoms with van der Waals surface area (Å²) in [6.45, 7) is 4.43. The highest BCUT2D eigenvalue weighted by atomic mass is 16.5. The Labute approximate surface area is 172 Å². The first kappa shape index (κ1) is 21.0. The molecule has 2 N–H and O–H groups in total. The fourth-order valence-corrected chi connectivity index (χ4v) is 3.66. The number of ether oxygens (including phenoxy) is 2. The number of carbonyl (C=O) groups excluding carboxylic acids is 1. The van der Waals surface area contributed by atoms with E-state index in [0.717, 1.165) is 49.2 Å². The number of methoxy groups -OCH3 is 1. The minimum absolute atomic E-state index is 0.0482. The van der Waals surface area contributed by atoms with E-state index in [1.165, 1.54) is 7.11 Å². The van der Waals surface area contributed by atoms with Crippen LogP contribution < -0.4 is 14.8 Å². The highest BCUT2D eigenvalue weighted by Crippen LogP contribution is 2.29. The van der Waals surface area contributed by atoms with E-state index < -0.39 is 0 Å². The molecule has 1 amide bonds. The zero-order valence-corrected chi connectivity index (χ0v) is 17.2. The summed E-state index contributed by atoms with van der Waals surface area (Å²) in [6.07, 6.45) is 3.01. The first-order valence-corrected chi connectivity index (χ1v) is 10.2. The third-order valence-electron chi connectivity index (χ3n) is 5.31. The van der Waals surface area contributed by atoms with E-state index in [0.29, 0.717) is 12.3 Å². The second-order valence-corrected chi connectivity index (χ2v) is 7.26. The second-order valence-electron chi connectivity index (χ2n) is 7.26. The van der Waals surface area contributed by atoms with Crippen LogP contribution in [0.4, 0.5) is 0 Å². The quantitative estimate of drug-likeness (QED) is 0.675. The van der Waals surface area contributed by atoms with E-state index in [4.69, 9.17) is 9.47 Å². The summed E-state index contributed by atoms with van der Waals surface area (Å²) in [5.41, 5.74) is 1.99. The molecule has 1 aliphatic rings. The molecule has 3 rings (SSSR count). The number of hydrogen-bond acceptors (Lipinski definition) is 5. The van der Waals surface area contributed by atoms with E-state index in [2.05, 4.69) is 12.2 Å². The largest absolute Gasteiger partial charge is 0.504 e. The van der Waals surface area contributed by atoms with Gasteiger partial charge in [-0.2, -0.15) is 0 Å². The number of phenols is 1. The maximum Gasteiger partial charge on any atom is 0.260 e. The van der Waals surface area contributed by atoms with E-state index in [9.17, 15) is 9.90 Å². The molecular weight excluding hydrogens is 368 g/mol. The Bertz CT molecular complexity index is 818. The van der Waals surface area contributed by atoms with Crippen LogP contribution in [0.25, 0.3) is 0 Å². The molecule has 0 bridgehead atoms. The SMILES string of the molecule is CCC(NCc1ccc(OC)c(O)c1)c1ccccc1OCC(=O)N1CCCC1. The Balaban J connectivity index is 1.64. The third kappa shape index (κ3) is 5.41. The smallest absolute Gasteiger partial charge is 0.260 e. The van der Waals surface area contributed by atoms with Gasteiger partial charge in [0, 0.05) is 31.2 Å². The molecule has 0 saturated carbocycles. The van der Waals surface area contributed by atoms with Gasteiger partial charge in [0.05, 0.1) is 7.11 Å². The summed E-state index contributed by atoms with van der Waals surface area (Å²) >= 11 is 0. The van der Waals surface area contributed by atoms with Crippen molar-refractivity contribution in [1.82, 2.24) is 10.2 Å². The predicted molar refractivity (Wildman–Crippen MR) is 112 cm³/mol. The van der Waals surface area contributed by atoms with Crippen molar-refractivity contribution >= 4 is 5.91 Å². The highest BCUT2D eigenvalue weighted by Gasteiger charge is 2.20. The van der Waals surface area contributed by atoms with E-state index >= 15 is 0 Å². The van der Waals surface area contributed by atoms with Crippen LogP contribution in [0.15, 0.2) is 42.5 Å². The van der Waals surface area contributed by atoms with Gasteiger partial charge in [-0.05, 0) is 43.0 Å². The van der Waals surface area contributed by atoms with Gasteiger partial charge in [-0.15, -0.1) is 0 Å². The maximum absolute atomic E-state index is 12.3. The Morgan fingerprint density at radius 1 is 1.17 bits per heavy atom.